The Morgan fingerprint density at radius 2 is 2.19 bits per heavy atom. The van der Waals surface area contributed by atoms with Crippen LogP contribution in [0.3, 0.4) is 0 Å². The Balaban J connectivity index is 1.78. The second-order valence-electron chi connectivity index (χ2n) is 5.51. The molecule has 1 aromatic heterocycles. The van der Waals surface area contributed by atoms with E-state index >= 15 is 0 Å². The molecule has 0 bridgehead atoms. The predicted octanol–water partition coefficient (Wildman–Crippen LogP) is 2.55. The number of rotatable bonds is 7. The molecule has 2 N–H and O–H groups in total. The third-order valence-electron chi connectivity index (χ3n) is 3.62. The topological polar surface area (TPSA) is 95.0 Å². The molecule has 2 amide bonds. The van der Waals surface area contributed by atoms with Gasteiger partial charge in [0, 0.05) is 0 Å². The molecule has 2 heterocycles. The SMILES string of the molecule is COc1cc(/C=C2\SC(=S)N(Cc3ccco3)C2=O)ccc1OCC(N)=O. The molecular formula is C18H16N2O5S2. The maximum absolute atomic E-state index is 12.6. The number of nitrogens with two attached hydrogens (primary N) is 1. The van der Waals surface area contributed by atoms with E-state index in [1.807, 2.05) is 0 Å². The van der Waals surface area contributed by atoms with E-state index in [1.54, 1.807) is 42.7 Å². The van der Waals surface area contributed by atoms with Crippen LogP contribution in [-0.2, 0) is 16.1 Å². The quantitative estimate of drug-likeness (QED) is 0.560. The molecule has 1 aliphatic heterocycles. The summed E-state index contributed by atoms with van der Waals surface area (Å²) >= 11 is 6.53. The van der Waals surface area contributed by atoms with Crippen LogP contribution in [-0.4, -0.2) is 34.8 Å². The molecule has 0 unspecified atom stereocenters. The molecule has 0 saturated carbocycles. The van der Waals surface area contributed by atoms with Gasteiger partial charge in [0.1, 0.15) is 10.1 Å². The van der Waals surface area contributed by atoms with E-state index in [0.717, 1.165) is 5.56 Å². The summed E-state index contributed by atoms with van der Waals surface area (Å²) < 4.78 is 16.3. The van der Waals surface area contributed by atoms with E-state index in [-0.39, 0.29) is 19.1 Å². The summed E-state index contributed by atoms with van der Waals surface area (Å²) in [6.07, 6.45) is 3.28. The summed E-state index contributed by atoms with van der Waals surface area (Å²) in [5, 5.41) is 0. The number of amides is 2. The third-order valence-corrected chi connectivity index (χ3v) is 5.00. The van der Waals surface area contributed by atoms with Crippen LogP contribution in [0.4, 0.5) is 0 Å². The van der Waals surface area contributed by atoms with Gasteiger partial charge in [0.25, 0.3) is 11.8 Å². The lowest BCUT2D eigenvalue weighted by Gasteiger charge is -2.12. The van der Waals surface area contributed by atoms with Crippen molar-refractivity contribution in [2.45, 2.75) is 6.54 Å². The standard InChI is InChI=1S/C18H16N2O5S2/c1-23-14-7-11(4-5-13(14)25-10-16(19)21)8-15-17(22)20(18(26)27-15)9-12-3-2-6-24-12/h2-8H,9-10H2,1H3,(H2,19,21)/b15-8-. The van der Waals surface area contributed by atoms with Crippen molar-refractivity contribution in [1.29, 1.82) is 0 Å². The van der Waals surface area contributed by atoms with Gasteiger partial charge in [-0.05, 0) is 35.9 Å². The smallest absolute Gasteiger partial charge is 0.266 e. The van der Waals surface area contributed by atoms with Crippen LogP contribution in [0.15, 0.2) is 45.9 Å². The lowest BCUT2D eigenvalue weighted by atomic mass is 10.2. The highest BCUT2D eigenvalue weighted by atomic mass is 32.2. The fourth-order valence-electron chi connectivity index (χ4n) is 2.39. The monoisotopic (exact) mass is 404 g/mol. The number of benzene rings is 1. The average Bonchev–Trinajstić information content (AvgIpc) is 3.24. The van der Waals surface area contributed by atoms with Gasteiger partial charge in [-0.3, -0.25) is 14.5 Å². The van der Waals surface area contributed by atoms with Crippen molar-refractivity contribution < 1.29 is 23.5 Å². The van der Waals surface area contributed by atoms with Crippen LogP contribution in [0.5, 0.6) is 11.5 Å². The van der Waals surface area contributed by atoms with Gasteiger partial charge in [0.15, 0.2) is 18.1 Å². The van der Waals surface area contributed by atoms with Crippen molar-refractivity contribution in [2.24, 2.45) is 5.73 Å². The van der Waals surface area contributed by atoms with Gasteiger partial charge in [0.2, 0.25) is 0 Å². The van der Waals surface area contributed by atoms with Gasteiger partial charge >= 0.3 is 0 Å². The first-order valence-electron chi connectivity index (χ1n) is 7.85. The zero-order valence-corrected chi connectivity index (χ0v) is 16.0. The minimum atomic E-state index is -0.582. The molecule has 1 fully saturated rings. The molecule has 3 rings (SSSR count). The van der Waals surface area contributed by atoms with Crippen LogP contribution >= 0.6 is 24.0 Å². The average molecular weight is 404 g/mol. The Hall–Kier alpha value is -2.78. The first kappa shape index (κ1) is 19.0. The van der Waals surface area contributed by atoms with Crippen LogP contribution in [0.1, 0.15) is 11.3 Å². The van der Waals surface area contributed by atoms with Crippen LogP contribution < -0.4 is 15.2 Å². The zero-order chi connectivity index (χ0) is 19.4. The number of thiocarbonyl (C=S) groups is 1. The summed E-state index contributed by atoms with van der Waals surface area (Å²) in [6, 6.07) is 8.65. The van der Waals surface area contributed by atoms with Gasteiger partial charge < -0.3 is 19.6 Å². The van der Waals surface area contributed by atoms with Crippen molar-refractivity contribution in [1.82, 2.24) is 4.90 Å². The Morgan fingerprint density at radius 1 is 1.37 bits per heavy atom. The molecule has 0 aliphatic carbocycles. The summed E-state index contributed by atoms with van der Waals surface area (Å²) in [6.45, 7) is 0.0410. The summed E-state index contributed by atoms with van der Waals surface area (Å²) in [5.74, 6) is 0.704. The maximum atomic E-state index is 12.6. The van der Waals surface area contributed by atoms with E-state index in [9.17, 15) is 9.59 Å². The van der Waals surface area contributed by atoms with Gasteiger partial charge in [-0.25, -0.2) is 0 Å². The lowest BCUT2D eigenvalue weighted by molar-refractivity contribution is -0.122. The van der Waals surface area contributed by atoms with Crippen molar-refractivity contribution in [3.05, 3.63) is 52.8 Å². The van der Waals surface area contributed by atoms with Gasteiger partial charge in [0.05, 0.1) is 24.8 Å². The minimum absolute atomic E-state index is 0.186. The van der Waals surface area contributed by atoms with Gasteiger partial charge in [-0.1, -0.05) is 30.0 Å². The van der Waals surface area contributed by atoms with Crippen LogP contribution in [0.25, 0.3) is 6.08 Å². The number of carbonyl (C=O) groups excluding carboxylic acids is 2. The normalized spacial score (nSPS) is 15.4. The Morgan fingerprint density at radius 3 is 2.85 bits per heavy atom. The number of primary amides is 1. The predicted molar refractivity (Wildman–Crippen MR) is 105 cm³/mol. The molecule has 1 aliphatic rings. The van der Waals surface area contributed by atoms with E-state index in [1.165, 1.54) is 23.8 Å². The number of ether oxygens (including phenoxy) is 2. The van der Waals surface area contributed by atoms with Crippen LogP contribution in [0.2, 0.25) is 0 Å². The molecule has 0 spiro atoms. The molecule has 9 heteroatoms. The maximum Gasteiger partial charge on any atom is 0.266 e. The molecule has 27 heavy (non-hydrogen) atoms. The fraction of sp³-hybridized carbons (Fsp3) is 0.167. The number of nitrogens with zero attached hydrogens (tertiary/aromatic N) is 1. The second kappa shape index (κ2) is 8.28. The molecule has 2 aromatic rings. The Kier molecular flexibility index (Phi) is 5.82. The lowest BCUT2D eigenvalue weighted by Crippen LogP contribution is -2.27. The van der Waals surface area contributed by atoms with Gasteiger partial charge in [-0.15, -0.1) is 0 Å². The zero-order valence-electron chi connectivity index (χ0n) is 14.3. The summed E-state index contributed by atoms with van der Waals surface area (Å²) in [7, 11) is 1.49. The van der Waals surface area contributed by atoms with Crippen LogP contribution in [0, 0.1) is 0 Å². The fourth-order valence-corrected chi connectivity index (χ4v) is 3.64. The van der Waals surface area contributed by atoms with E-state index in [0.29, 0.717) is 26.5 Å². The third kappa shape index (κ3) is 4.50. The molecule has 0 atom stereocenters. The summed E-state index contributed by atoms with van der Waals surface area (Å²) in [4.78, 5) is 25.5. The number of hydrogen-bond acceptors (Lipinski definition) is 7. The Labute approximate surface area is 165 Å². The molecule has 0 radical (unpaired) electrons. The highest BCUT2D eigenvalue weighted by molar-refractivity contribution is 8.26. The minimum Gasteiger partial charge on any atom is -0.493 e. The van der Waals surface area contributed by atoms with Crippen molar-refractivity contribution in [3.63, 3.8) is 0 Å². The Bertz CT molecular complexity index is 908. The van der Waals surface area contributed by atoms with Crippen molar-refractivity contribution in [3.8, 4) is 11.5 Å². The number of methoxy groups -OCH3 is 1. The van der Waals surface area contributed by atoms with E-state index in [2.05, 4.69) is 0 Å². The summed E-state index contributed by atoms with van der Waals surface area (Å²) in [5.41, 5.74) is 5.82. The van der Waals surface area contributed by atoms with Crippen molar-refractivity contribution in [2.75, 3.05) is 13.7 Å². The highest BCUT2D eigenvalue weighted by Crippen LogP contribution is 2.35. The largest absolute Gasteiger partial charge is 0.493 e. The molecular weight excluding hydrogens is 388 g/mol. The molecule has 1 aromatic carbocycles. The van der Waals surface area contributed by atoms with E-state index < -0.39 is 5.91 Å². The first-order chi connectivity index (χ1) is 13.0. The van der Waals surface area contributed by atoms with Crippen molar-refractivity contribution >= 4 is 46.2 Å². The molecule has 140 valence electrons. The van der Waals surface area contributed by atoms with E-state index in [4.69, 9.17) is 31.8 Å². The number of hydrogen-bond donors (Lipinski definition) is 1. The molecule has 1 saturated heterocycles. The number of carbonyl (C=O) groups is 2. The highest BCUT2D eigenvalue weighted by Gasteiger charge is 2.32. The molecule has 7 nitrogen and oxygen atoms in total. The number of furan rings is 1. The van der Waals surface area contributed by atoms with Gasteiger partial charge in [-0.2, -0.15) is 0 Å². The second-order valence-corrected chi connectivity index (χ2v) is 7.19. The first-order valence-corrected chi connectivity index (χ1v) is 9.07. The number of thioether (sulfide) groups is 1.